The maximum atomic E-state index is 13.2. The molecule has 1 fully saturated rings. The Kier molecular flexibility index (Phi) is 5.78. The lowest BCUT2D eigenvalue weighted by Gasteiger charge is -2.40. The van der Waals surface area contributed by atoms with Crippen molar-refractivity contribution in [1.82, 2.24) is 0 Å². The van der Waals surface area contributed by atoms with E-state index < -0.39 is 0 Å². The van der Waals surface area contributed by atoms with Crippen LogP contribution in [0.3, 0.4) is 0 Å². The van der Waals surface area contributed by atoms with Gasteiger partial charge in [-0.15, -0.1) is 0 Å². The summed E-state index contributed by atoms with van der Waals surface area (Å²) in [6, 6.07) is 0. The lowest BCUT2D eigenvalue weighted by Crippen LogP contribution is -2.32. The van der Waals surface area contributed by atoms with Crippen molar-refractivity contribution in [3.8, 4) is 0 Å². The highest BCUT2D eigenvalue weighted by Gasteiger charge is 2.36. The number of nitrogens with zero attached hydrogens (tertiary/aromatic N) is 1. The molecule has 2 heteroatoms. The number of halogens is 1. The molecule has 0 amide bonds. The van der Waals surface area contributed by atoms with Gasteiger partial charge in [0.15, 0.2) is 0 Å². The average Bonchev–Trinajstić information content (AvgIpc) is 2.46. The molecule has 1 saturated carbocycles. The molecule has 0 saturated heterocycles. The zero-order valence-corrected chi connectivity index (χ0v) is 15.2. The minimum absolute atomic E-state index is 0.170. The van der Waals surface area contributed by atoms with Crippen molar-refractivity contribution in [2.24, 2.45) is 22.2 Å². The van der Waals surface area contributed by atoms with E-state index in [4.69, 9.17) is 0 Å². The van der Waals surface area contributed by atoms with Gasteiger partial charge in [0.25, 0.3) is 0 Å². The molecule has 0 heterocycles. The van der Waals surface area contributed by atoms with E-state index in [1.165, 1.54) is 18.7 Å². The van der Waals surface area contributed by atoms with Gasteiger partial charge in [0, 0.05) is 5.71 Å². The van der Waals surface area contributed by atoms with Crippen LogP contribution in [0, 0.1) is 17.3 Å². The van der Waals surface area contributed by atoms with E-state index in [-0.39, 0.29) is 11.2 Å². The SMILES string of the molecule is CCC=CCC1CC2=CC=C1/C(=N/C=C(\C)F)C(C)CC2(C)C. The standard InChI is InChI=1S/C21H30FN/c1-6-7-8-9-17-12-18-10-11-19(17)20(23-14-16(3)22)15(2)13-21(18,4)5/h7-8,10-11,14-15,17H,6,9,12-13H2,1-5H3/b8-7?,16-14+,23-20+. The van der Waals surface area contributed by atoms with Gasteiger partial charge in [0.1, 0.15) is 5.83 Å². The molecule has 2 atom stereocenters. The van der Waals surface area contributed by atoms with Crippen LogP contribution in [0.1, 0.15) is 60.3 Å². The maximum Gasteiger partial charge on any atom is 0.115 e. The topological polar surface area (TPSA) is 12.4 Å². The molecule has 0 aromatic carbocycles. The van der Waals surface area contributed by atoms with Crippen LogP contribution in [0.4, 0.5) is 4.39 Å². The van der Waals surface area contributed by atoms with E-state index >= 15 is 0 Å². The fourth-order valence-corrected chi connectivity index (χ4v) is 3.84. The van der Waals surface area contributed by atoms with Crippen molar-refractivity contribution in [1.29, 1.82) is 0 Å². The lowest BCUT2D eigenvalue weighted by atomic mass is 9.65. The molecule has 3 aliphatic rings. The van der Waals surface area contributed by atoms with Gasteiger partial charge in [0.05, 0.1) is 6.20 Å². The molecule has 126 valence electrons. The van der Waals surface area contributed by atoms with Crippen molar-refractivity contribution < 1.29 is 4.39 Å². The molecule has 2 bridgehead atoms. The van der Waals surface area contributed by atoms with Crippen LogP contribution in [0.2, 0.25) is 0 Å². The van der Waals surface area contributed by atoms with Crippen molar-refractivity contribution in [3.63, 3.8) is 0 Å². The summed E-state index contributed by atoms with van der Waals surface area (Å²) in [7, 11) is 0. The van der Waals surface area contributed by atoms with Gasteiger partial charge >= 0.3 is 0 Å². The van der Waals surface area contributed by atoms with Crippen LogP contribution in [-0.2, 0) is 0 Å². The van der Waals surface area contributed by atoms with Crippen LogP contribution < -0.4 is 0 Å². The Hall–Kier alpha value is -1.44. The summed E-state index contributed by atoms with van der Waals surface area (Å²) in [6.45, 7) is 10.5. The maximum absolute atomic E-state index is 13.2. The Labute approximate surface area is 140 Å². The number of fused-ring (bicyclic) bond motifs is 5. The monoisotopic (exact) mass is 315 g/mol. The smallest absolute Gasteiger partial charge is 0.115 e. The van der Waals surface area contributed by atoms with Crippen LogP contribution in [-0.4, -0.2) is 5.71 Å². The Balaban J connectivity index is 2.43. The molecule has 0 aliphatic heterocycles. The van der Waals surface area contributed by atoms with Crippen LogP contribution in [0.15, 0.2) is 52.5 Å². The highest BCUT2D eigenvalue weighted by atomic mass is 19.1. The van der Waals surface area contributed by atoms with E-state index in [9.17, 15) is 4.39 Å². The minimum atomic E-state index is -0.235. The zero-order chi connectivity index (χ0) is 17.0. The molecule has 3 aliphatic carbocycles. The van der Waals surface area contributed by atoms with Crippen molar-refractivity contribution in [3.05, 3.63) is 47.5 Å². The zero-order valence-electron chi connectivity index (χ0n) is 15.2. The van der Waals surface area contributed by atoms with Crippen LogP contribution >= 0.6 is 0 Å². The van der Waals surface area contributed by atoms with Gasteiger partial charge in [-0.1, -0.05) is 57.6 Å². The Morgan fingerprint density at radius 2 is 2.09 bits per heavy atom. The molecular formula is C21H30FN. The summed E-state index contributed by atoms with van der Waals surface area (Å²) in [5, 5.41) is 0. The van der Waals surface area contributed by atoms with Crippen LogP contribution in [0.5, 0.6) is 0 Å². The molecule has 0 N–H and O–H groups in total. The summed E-state index contributed by atoms with van der Waals surface area (Å²) in [4.78, 5) is 4.54. The quantitative estimate of drug-likeness (QED) is 0.521. The fraction of sp³-hybridized carbons (Fsp3) is 0.571. The first-order valence-electron chi connectivity index (χ1n) is 8.81. The largest absolute Gasteiger partial charge is 0.258 e. The summed E-state index contributed by atoms with van der Waals surface area (Å²) in [5.41, 5.74) is 4.08. The predicted molar refractivity (Wildman–Crippen MR) is 98.2 cm³/mol. The van der Waals surface area contributed by atoms with Gasteiger partial charge in [0.2, 0.25) is 0 Å². The van der Waals surface area contributed by atoms with E-state index in [2.05, 4.69) is 57.0 Å². The van der Waals surface area contributed by atoms with Crippen molar-refractivity contribution >= 4 is 5.71 Å². The van der Waals surface area contributed by atoms with E-state index in [1.54, 1.807) is 5.57 Å². The molecule has 1 nitrogen and oxygen atoms in total. The second-order valence-corrected chi connectivity index (χ2v) is 7.55. The number of hydrogen-bond donors (Lipinski definition) is 0. The first-order valence-corrected chi connectivity index (χ1v) is 8.81. The minimum Gasteiger partial charge on any atom is -0.258 e. The predicted octanol–water partition coefficient (Wildman–Crippen LogP) is 6.55. The second-order valence-electron chi connectivity index (χ2n) is 7.55. The number of hydrogen-bond acceptors (Lipinski definition) is 1. The first-order chi connectivity index (χ1) is 10.8. The second kappa shape index (κ2) is 7.42. The molecular weight excluding hydrogens is 285 g/mol. The molecule has 3 rings (SSSR count). The first kappa shape index (κ1) is 17.9. The van der Waals surface area contributed by atoms with Crippen molar-refractivity contribution in [2.75, 3.05) is 0 Å². The van der Waals surface area contributed by atoms with Gasteiger partial charge in [-0.05, 0) is 55.4 Å². The molecule has 0 radical (unpaired) electrons. The third-order valence-corrected chi connectivity index (χ3v) is 5.02. The van der Waals surface area contributed by atoms with Gasteiger partial charge < -0.3 is 0 Å². The number of aliphatic imine (C=N–C) groups is 1. The molecule has 23 heavy (non-hydrogen) atoms. The number of allylic oxidation sites excluding steroid dienone is 7. The molecule has 0 spiro atoms. The molecule has 2 unspecified atom stereocenters. The fourth-order valence-electron chi connectivity index (χ4n) is 3.84. The Morgan fingerprint density at radius 3 is 2.74 bits per heavy atom. The van der Waals surface area contributed by atoms with Gasteiger partial charge in [-0.3, -0.25) is 4.99 Å². The number of rotatable bonds is 4. The summed E-state index contributed by atoms with van der Waals surface area (Å²) in [6.07, 6.45) is 14.7. The lowest BCUT2D eigenvalue weighted by molar-refractivity contribution is 0.338. The van der Waals surface area contributed by atoms with Gasteiger partial charge in [-0.25, -0.2) is 4.39 Å². The van der Waals surface area contributed by atoms with Gasteiger partial charge in [-0.2, -0.15) is 0 Å². The summed E-state index contributed by atoms with van der Waals surface area (Å²) in [5.74, 6) is 0.571. The van der Waals surface area contributed by atoms with Crippen LogP contribution in [0.25, 0.3) is 0 Å². The van der Waals surface area contributed by atoms with E-state index in [1.807, 2.05) is 0 Å². The highest BCUT2D eigenvalue weighted by Crippen LogP contribution is 2.46. The Bertz CT molecular complexity index is 583. The Morgan fingerprint density at radius 1 is 1.35 bits per heavy atom. The third kappa shape index (κ3) is 4.31. The van der Waals surface area contributed by atoms with Crippen molar-refractivity contribution in [2.45, 2.75) is 60.3 Å². The highest BCUT2D eigenvalue weighted by molar-refractivity contribution is 6.03. The van der Waals surface area contributed by atoms with E-state index in [0.717, 1.165) is 31.4 Å². The average molecular weight is 315 g/mol. The normalized spacial score (nSPS) is 29.5. The summed E-state index contributed by atoms with van der Waals surface area (Å²) >= 11 is 0. The molecule has 0 aromatic rings. The third-order valence-electron chi connectivity index (χ3n) is 5.02. The summed E-state index contributed by atoms with van der Waals surface area (Å²) < 4.78 is 13.2. The van der Waals surface area contributed by atoms with E-state index in [0.29, 0.717) is 11.8 Å². The molecule has 0 aromatic heterocycles.